The number of benzene rings is 1. The Balaban J connectivity index is 1.79. The number of carbonyl (C=O) groups excluding carboxylic acids is 1. The second kappa shape index (κ2) is 7.31. The topological polar surface area (TPSA) is 32.3 Å². The minimum atomic E-state index is -0.0820. The van der Waals surface area contributed by atoms with E-state index in [2.05, 4.69) is 11.4 Å². The standard InChI is InChI=1S/C15H17ClN2OS/c1-18(11-12-5-2-3-7-14(12)16)15(19)17-9-8-13-6-4-10-20-13/h2-7,10H,8-9,11H2,1H3,(H,17,19). The predicted octanol–water partition coefficient (Wildman–Crippen LogP) is 3.79. The van der Waals surface area contributed by atoms with Gasteiger partial charge in [-0.25, -0.2) is 4.79 Å². The molecule has 0 aliphatic rings. The molecule has 2 aromatic rings. The number of urea groups is 1. The molecule has 0 saturated carbocycles. The van der Waals surface area contributed by atoms with Crippen molar-refractivity contribution >= 4 is 29.0 Å². The first-order valence-electron chi connectivity index (χ1n) is 6.41. The average Bonchev–Trinajstić information content (AvgIpc) is 2.94. The predicted molar refractivity (Wildman–Crippen MR) is 84.3 cm³/mol. The Labute approximate surface area is 128 Å². The summed E-state index contributed by atoms with van der Waals surface area (Å²) in [5, 5.41) is 5.64. The third-order valence-electron chi connectivity index (χ3n) is 2.94. The van der Waals surface area contributed by atoms with Crippen LogP contribution in [0.5, 0.6) is 0 Å². The van der Waals surface area contributed by atoms with Gasteiger partial charge in [-0.05, 0) is 29.5 Å². The Morgan fingerprint density at radius 2 is 2.10 bits per heavy atom. The van der Waals surface area contributed by atoms with Gasteiger partial charge in [0, 0.05) is 30.0 Å². The zero-order valence-electron chi connectivity index (χ0n) is 11.3. The molecular formula is C15H17ClN2OS. The highest BCUT2D eigenvalue weighted by Crippen LogP contribution is 2.16. The first-order chi connectivity index (χ1) is 9.66. The summed E-state index contributed by atoms with van der Waals surface area (Å²) in [6, 6.07) is 11.6. The molecule has 20 heavy (non-hydrogen) atoms. The lowest BCUT2D eigenvalue weighted by Crippen LogP contribution is -2.37. The second-order valence-electron chi connectivity index (χ2n) is 4.51. The normalized spacial score (nSPS) is 10.3. The van der Waals surface area contributed by atoms with Gasteiger partial charge in [-0.1, -0.05) is 35.9 Å². The van der Waals surface area contributed by atoms with Crippen LogP contribution in [0.3, 0.4) is 0 Å². The number of carbonyl (C=O) groups is 1. The van der Waals surface area contributed by atoms with Gasteiger partial charge in [-0.15, -0.1) is 11.3 Å². The molecule has 0 radical (unpaired) electrons. The van der Waals surface area contributed by atoms with E-state index in [0.29, 0.717) is 18.1 Å². The highest BCUT2D eigenvalue weighted by molar-refractivity contribution is 7.09. The molecule has 2 rings (SSSR count). The molecule has 1 N–H and O–H groups in total. The number of halogens is 1. The maximum atomic E-state index is 12.0. The third-order valence-corrected chi connectivity index (χ3v) is 4.24. The number of amides is 2. The fraction of sp³-hybridized carbons (Fsp3) is 0.267. The summed E-state index contributed by atoms with van der Waals surface area (Å²) in [5.74, 6) is 0. The summed E-state index contributed by atoms with van der Waals surface area (Å²) >= 11 is 7.79. The molecule has 0 bridgehead atoms. The van der Waals surface area contributed by atoms with E-state index < -0.39 is 0 Å². The van der Waals surface area contributed by atoms with Crippen molar-refractivity contribution in [3.63, 3.8) is 0 Å². The van der Waals surface area contributed by atoms with E-state index in [1.54, 1.807) is 23.3 Å². The summed E-state index contributed by atoms with van der Waals surface area (Å²) < 4.78 is 0. The number of thiophene rings is 1. The molecule has 0 fully saturated rings. The van der Waals surface area contributed by atoms with Gasteiger partial charge in [0.2, 0.25) is 0 Å². The average molecular weight is 309 g/mol. The molecule has 3 nitrogen and oxygen atoms in total. The highest BCUT2D eigenvalue weighted by atomic mass is 35.5. The molecule has 0 aliphatic heterocycles. The summed E-state index contributed by atoms with van der Waals surface area (Å²) in [6.45, 7) is 1.15. The summed E-state index contributed by atoms with van der Waals surface area (Å²) in [7, 11) is 1.77. The number of hydrogen-bond donors (Lipinski definition) is 1. The zero-order chi connectivity index (χ0) is 14.4. The molecule has 0 unspecified atom stereocenters. The molecule has 0 spiro atoms. The van der Waals surface area contributed by atoms with Crippen molar-refractivity contribution in [2.45, 2.75) is 13.0 Å². The van der Waals surface area contributed by atoms with Crippen LogP contribution in [0.2, 0.25) is 5.02 Å². The van der Waals surface area contributed by atoms with Crippen molar-refractivity contribution in [3.05, 3.63) is 57.2 Å². The van der Waals surface area contributed by atoms with Crippen LogP contribution in [0, 0.1) is 0 Å². The van der Waals surface area contributed by atoms with Gasteiger partial charge in [-0.3, -0.25) is 0 Å². The van der Waals surface area contributed by atoms with Crippen LogP contribution < -0.4 is 5.32 Å². The molecule has 106 valence electrons. The van der Waals surface area contributed by atoms with Gasteiger partial charge in [0.15, 0.2) is 0 Å². The number of nitrogens with one attached hydrogen (secondary N) is 1. The van der Waals surface area contributed by atoms with E-state index in [-0.39, 0.29) is 6.03 Å². The van der Waals surface area contributed by atoms with Crippen molar-refractivity contribution in [1.82, 2.24) is 10.2 Å². The fourth-order valence-electron chi connectivity index (χ4n) is 1.84. The molecule has 0 atom stereocenters. The zero-order valence-corrected chi connectivity index (χ0v) is 12.9. The third kappa shape index (κ3) is 4.25. The van der Waals surface area contributed by atoms with Gasteiger partial charge < -0.3 is 10.2 Å². The van der Waals surface area contributed by atoms with Crippen LogP contribution in [0.4, 0.5) is 4.79 Å². The van der Waals surface area contributed by atoms with Crippen molar-refractivity contribution in [2.24, 2.45) is 0 Å². The minimum Gasteiger partial charge on any atom is -0.338 e. The Morgan fingerprint density at radius 3 is 2.80 bits per heavy atom. The van der Waals surface area contributed by atoms with E-state index in [0.717, 1.165) is 12.0 Å². The van der Waals surface area contributed by atoms with Gasteiger partial charge in [0.1, 0.15) is 0 Å². The van der Waals surface area contributed by atoms with Crippen LogP contribution in [0.15, 0.2) is 41.8 Å². The van der Waals surface area contributed by atoms with Crippen LogP contribution in [0.25, 0.3) is 0 Å². The number of rotatable bonds is 5. The summed E-state index contributed by atoms with van der Waals surface area (Å²) in [4.78, 5) is 14.9. The van der Waals surface area contributed by atoms with Crippen molar-refractivity contribution in [2.75, 3.05) is 13.6 Å². The van der Waals surface area contributed by atoms with E-state index >= 15 is 0 Å². The van der Waals surface area contributed by atoms with Crippen molar-refractivity contribution in [3.8, 4) is 0 Å². The maximum Gasteiger partial charge on any atom is 0.317 e. The van der Waals surface area contributed by atoms with E-state index in [4.69, 9.17) is 11.6 Å². The molecule has 0 saturated heterocycles. The second-order valence-corrected chi connectivity index (χ2v) is 5.95. The van der Waals surface area contributed by atoms with Crippen molar-refractivity contribution in [1.29, 1.82) is 0 Å². The van der Waals surface area contributed by atoms with Crippen LogP contribution in [-0.2, 0) is 13.0 Å². The Morgan fingerprint density at radius 1 is 1.30 bits per heavy atom. The van der Waals surface area contributed by atoms with Gasteiger partial charge >= 0.3 is 6.03 Å². The Hall–Kier alpha value is -1.52. The monoisotopic (exact) mass is 308 g/mol. The van der Waals surface area contributed by atoms with E-state index in [1.807, 2.05) is 35.7 Å². The molecule has 0 aliphatic carbocycles. The van der Waals surface area contributed by atoms with Crippen molar-refractivity contribution < 1.29 is 4.79 Å². The minimum absolute atomic E-state index is 0.0820. The van der Waals surface area contributed by atoms with Crippen LogP contribution >= 0.6 is 22.9 Å². The lowest BCUT2D eigenvalue weighted by atomic mass is 10.2. The Kier molecular flexibility index (Phi) is 5.44. The van der Waals surface area contributed by atoms with E-state index in [9.17, 15) is 4.79 Å². The largest absolute Gasteiger partial charge is 0.338 e. The molecule has 1 aromatic heterocycles. The summed E-state index contributed by atoms with van der Waals surface area (Å²) in [6.07, 6.45) is 0.864. The molecule has 1 heterocycles. The maximum absolute atomic E-state index is 12.0. The smallest absolute Gasteiger partial charge is 0.317 e. The van der Waals surface area contributed by atoms with Crippen LogP contribution in [0.1, 0.15) is 10.4 Å². The first-order valence-corrected chi connectivity index (χ1v) is 7.67. The Bertz CT molecular complexity index is 557. The molecule has 1 aromatic carbocycles. The van der Waals surface area contributed by atoms with E-state index in [1.165, 1.54) is 4.88 Å². The fourth-order valence-corrected chi connectivity index (χ4v) is 2.74. The SMILES string of the molecule is CN(Cc1ccccc1Cl)C(=O)NCCc1cccs1. The summed E-state index contributed by atoms with van der Waals surface area (Å²) in [5.41, 5.74) is 0.949. The molecule has 5 heteroatoms. The molecule has 2 amide bonds. The first kappa shape index (κ1) is 14.9. The van der Waals surface area contributed by atoms with Gasteiger partial charge in [0.25, 0.3) is 0 Å². The lowest BCUT2D eigenvalue weighted by Gasteiger charge is -2.18. The molecular weight excluding hydrogens is 292 g/mol. The number of hydrogen-bond acceptors (Lipinski definition) is 2. The lowest BCUT2D eigenvalue weighted by molar-refractivity contribution is 0.207. The number of nitrogens with zero attached hydrogens (tertiary/aromatic N) is 1. The highest BCUT2D eigenvalue weighted by Gasteiger charge is 2.10. The van der Waals surface area contributed by atoms with Crippen LogP contribution in [-0.4, -0.2) is 24.5 Å². The quantitative estimate of drug-likeness (QED) is 0.895. The van der Waals surface area contributed by atoms with Gasteiger partial charge in [0.05, 0.1) is 0 Å². The van der Waals surface area contributed by atoms with Gasteiger partial charge in [-0.2, -0.15) is 0 Å².